The number of hydrogen-bond donors (Lipinski definition) is 3. The van der Waals surface area contributed by atoms with Crippen molar-refractivity contribution in [3.05, 3.63) is 74.9 Å². The maximum Gasteiger partial charge on any atom is 0.290 e. The number of fused-ring (bicyclic) bond motifs is 1. The van der Waals surface area contributed by atoms with Crippen LogP contribution in [0.25, 0.3) is 22.2 Å². The van der Waals surface area contributed by atoms with Crippen LogP contribution in [0.1, 0.15) is 23.0 Å². The Kier molecular flexibility index (Phi) is 6.13. The van der Waals surface area contributed by atoms with Crippen LogP contribution in [-0.2, 0) is 17.9 Å². The summed E-state index contributed by atoms with van der Waals surface area (Å²) in [7, 11) is 0. The fourth-order valence-corrected chi connectivity index (χ4v) is 3.57. The average Bonchev–Trinajstić information content (AvgIpc) is 3.18. The molecule has 0 aliphatic carbocycles. The predicted octanol–water partition coefficient (Wildman–Crippen LogP) is 2.11. The lowest BCUT2D eigenvalue weighted by Crippen LogP contribution is -2.44. The molecule has 0 fully saturated rings. The molecule has 10 nitrogen and oxygen atoms in total. The first-order valence-corrected chi connectivity index (χ1v) is 10.6. The number of aryl methyl sites for hydroxylation is 2. The Morgan fingerprint density at radius 3 is 2.45 bits per heavy atom. The second-order valence-electron chi connectivity index (χ2n) is 7.32. The van der Waals surface area contributed by atoms with Crippen LogP contribution in [0, 0.1) is 11.7 Å². The van der Waals surface area contributed by atoms with Gasteiger partial charge in [-0.1, -0.05) is 48.0 Å². The SMILES string of the molecule is CCn1nc(C(=O)NNC(=O)Cn2c(-c3ccc(C)cc3)n[nH]c2=S)c2ccccc2c1=O. The van der Waals surface area contributed by atoms with Gasteiger partial charge in [0.05, 0.1) is 5.39 Å². The van der Waals surface area contributed by atoms with E-state index in [9.17, 15) is 14.4 Å². The molecular weight excluding hydrogens is 442 g/mol. The van der Waals surface area contributed by atoms with Crippen molar-refractivity contribution in [2.24, 2.45) is 0 Å². The zero-order valence-electron chi connectivity index (χ0n) is 18.0. The first-order chi connectivity index (χ1) is 15.9. The highest BCUT2D eigenvalue weighted by molar-refractivity contribution is 7.71. The number of aromatic amines is 1. The molecular formula is C22H21N7O3S. The number of carbonyl (C=O) groups is 2. The summed E-state index contributed by atoms with van der Waals surface area (Å²) in [6.45, 7) is 3.87. The van der Waals surface area contributed by atoms with E-state index in [1.807, 2.05) is 31.2 Å². The van der Waals surface area contributed by atoms with E-state index in [0.717, 1.165) is 11.1 Å². The van der Waals surface area contributed by atoms with Gasteiger partial charge in [-0.05, 0) is 32.1 Å². The second-order valence-corrected chi connectivity index (χ2v) is 7.71. The average molecular weight is 464 g/mol. The van der Waals surface area contributed by atoms with Crippen LogP contribution in [0.3, 0.4) is 0 Å². The number of hydrazine groups is 1. The maximum absolute atomic E-state index is 12.8. The molecule has 0 saturated heterocycles. The highest BCUT2D eigenvalue weighted by Gasteiger charge is 2.18. The third-order valence-corrected chi connectivity index (χ3v) is 5.38. The minimum absolute atomic E-state index is 0.0348. The third-order valence-electron chi connectivity index (χ3n) is 5.07. The lowest BCUT2D eigenvalue weighted by atomic mass is 10.1. The van der Waals surface area contributed by atoms with E-state index in [0.29, 0.717) is 23.1 Å². The molecule has 0 aliphatic rings. The lowest BCUT2D eigenvalue weighted by molar-refractivity contribution is -0.122. The summed E-state index contributed by atoms with van der Waals surface area (Å²) in [4.78, 5) is 37.8. The van der Waals surface area contributed by atoms with E-state index in [1.165, 1.54) is 9.25 Å². The van der Waals surface area contributed by atoms with Gasteiger partial charge >= 0.3 is 0 Å². The van der Waals surface area contributed by atoms with Crippen molar-refractivity contribution in [2.45, 2.75) is 26.9 Å². The number of carbonyl (C=O) groups excluding carboxylic acids is 2. The van der Waals surface area contributed by atoms with E-state index in [1.54, 1.807) is 31.2 Å². The fourth-order valence-electron chi connectivity index (χ4n) is 3.37. The van der Waals surface area contributed by atoms with Crippen molar-refractivity contribution in [3.63, 3.8) is 0 Å². The highest BCUT2D eigenvalue weighted by Crippen LogP contribution is 2.18. The monoisotopic (exact) mass is 463 g/mol. The number of rotatable bonds is 5. The molecule has 2 amide bonds. The molecule has 3 N–H and O–H groups in total. The topological polar surface area (TPSA) is 127 Å². The number of nitrogens with one attached hydrogen (secondary N) is 3. The molecule has 0 unspecified atom stereocenters. The van der Waals surface area contributed by atoms with Gasteiger partial charge in [0.2, 0.25) is 0 Å². The summed E-state index contributed by atoms with van der Waals surface area (Å²) in [6, 6.07) is 14.3. The minimum Gasteiger partial charge on any atom is -0.291 e. The van der Waals surface area contributed by atoms with Crippen LogP contribution < -0.4 is 16.4 Å². The fraction of sp³-hybridized carbons (Fsp3) is 0.182. The molecule has 0 atom stereocenters. The van der Waals surface area contributed by atoms with Crippen molar-refractivity contribution >= 4 is 34.8 Å². The Morgan fingerprint density at radius 1 is 1.06 bits per heavy atom. The largest absolute Gasteiger partial charge is 0.291 e. The number of nitrogens with zero attached hydrogens (tertiary/aromatic N) is 4. The van der Waals surface area contributed by atoms with E-state index < -0.39 is 11.8 Å². The molecule has 0 aliphatic heterocycles. The van der Waals surface area contributed by atoms with Gasteiger partial charge < -0.3 is 0 Å². The van der Waals surface area contributed by atoms with Gasteiger partial charge in [-0.25, -0.2) is 4.68 Å². The van der Waals surface area contributed by atoms with Gasteiger partial charge in [0.25, 0.3) is 17.4 Å². The molecule has 4 aromatic rings. The van der Waals surface area contributed by atoms with Gasteiger partial charge in [-0.15, -0.1) is 0 Å². The first kappa shape index (κ1) is 22.1. The predicted molar refractivity (Wildman–Crippen MR) is 125 cm³/mol. The number of H-pyrrole nitrogens is 1. The van der Waals surface area contributed by atoms with Gasteiger partial charge in [0.15, 0.2) is 16.3 Å². The van der Waals surface area contributed by atoms with Crippen molar-refractivity contribution in [2.75, 3.05) is 0 Å². The van der Waals surface area contributed by atoms with E-state index in [2.05, 4.69) is 26.1 Å². The van der Waals surface area contributed by atoms with Gasteiger partial charge in [0, 0.05) is 17.5 Å². The lowest BCUT2D eigenvalue weighted by Gasteiger charge is -2.11. The zero-order chi connectivity index (χ0) is 23.5. The standard InChI is InChI=1S/C22H21N7O3S/c1-3-29-21(32)16-7-5-4-6-15(16)18(27-29)20(31)25-23-17(30)12-28-19(24-26-22(28)33)14-10-8-13(2)9-11-14/h4-11H,3,12H2,1-2H3,(H,23,30)(H,25,31)(H,26,33). The van der Waals surface area contributed by atoms with Crippen LogP contribution in [0.15, 0.2) is 53.3 Å². The summed E-state index contributed by atoms with van der Waals surface area (Å²) in [6.07, 6.45) is 0. The van der Waals surface area contributed by atoms with E-state index in [4.69, 9.17) is 12.2 Å². The van der Waals surface area contributed by atoms with Gasteiger partial charge in [0.1, 0.15) is 6.54 Å². The molecule has 0 spiro atoms. The van der Waals surface area contributed by atoms with E-state index in [-0.39, 0.29) is 22.6 Å². The summed E-state index contributed by atoms with van der Waals surface area (Å²) in [5.41, 5.74) is 6.38. The highest BCUT2D eigenvalue weighted by atomic mass is 32.1. The van der Waals surface area contributed by atoms with E-state index >= 15 is 0 Å². The second kappa shape index (κ2) is 9.17. The third kappa shape index (κ3) is 4.44. The number of aromatic nitrogens is 5. The van der Waals surface area contributed by atoms with Crippen molar-refractivity contribution < 1.29 is 9.59 Å². The normalized spacial score (nSPS) is 10.8. The smallest absolute Gasteiger partial charge is 0.290 e. The first-order valence-electron chi connectivity index (χ1n) is 10.2. The Hall–Kier alpha value is -4.12. The molecule has 168 valence electrons. The molecule has 0 bridgehead atoms. The van der Waals surface area contributed by atoms with Crippen molar-refractivity contribution in [1.29, 1.82) is 0 Å². The summed E-state index contributed by atoms with van der Waals surface area (Å²) >= 11 is 5.26. The van der Waals surface area contributed by atoms with Crippen LogP contribution in [-0.4, -0.2) is 36.4 Å². The minimum atomic E-state index is -0.642. The Bertz CT molecular complexity index is 1470. The number of benzene rings is 2. The Labute approximate surface area is 193 Å². The Morgan fingerprint density at radius 2 is 1.76 bits per heavy atom. The summed E-state index contributed by atoms with van der Waals surface area (Å²) < 4.78 is 3.01. The quantitative estimate of drug-likeness (QED) is 0.307. The summed E-state index contributed by atoms with van der Waals surface area (Å²) in [5.74, 6) is -0.650. The van der Waals surface area contributed by atoms with Crippen LogP contribution >= 0.6 is 12.2 Å². The summed E-state index contributed by atoms with van der Waals surface area (Å²) in [5, 5.41) is 11.8. The zero-order valence-corrected chi connectivity index (χ0v) is 18.8. The molecule has 2 aromatic carbocycles. The van der Waals surface area contributed by atoms with Crippen molar-refractivity contribution in [1.82, 2.24) is 35.4 Å². The molecule has 0 radical (unpaired) electrons. The number of hydrogen-bond acceptors (Lipinski definition) is 6. The molecule has 2 aromatic heterocycles. The van der Waals surface area contributed by atoms with Crippen LogP contribution in [0.2, 0.25) is 0 Å². The molecule has 0 saturated carbocycles. The van der Waals surface area contributed by atoms with Gasteiger partial charge in [-0.3, -0.25) is 34.9 Å². The van der Waals surface area contributed by atoms with Crippen LogP contribution in [0.4, 0.5) is 0 Å². The molecule has 33 heavy (non-hydrogen) atoms. The van der Waals surface area contributed by atoms with Crippen LogP contribution in [0.5, 0.6) is 0 Å². The molecule has 11 heteroatoms. The molecule has 2 heterocycles. The maximum atomic E-state index is 12.8. The number of amides is 2. The Balaban J connectivity index is 1.52. The van der Waals surface area contributed by atoms with Crippen molar-refractivity contribution in [3.8, 4) is 11.4 Å². The van der Waals surface area contributed by atoms with Gasteiger partial charge in [-0.2, -0.15) is 10.2 Å². The molecule has 4 rings (SSSR count).